The van der Waals surface area contributed by atoms with Crippen LogP contribution in [0.3, 0.4) is 0 Å². The zero-order chi connectivity index (χ0) is 16.7. The van der Waals surface area contributed by atoms with Crippen LogP contribution < -0.4 is 10.9 Å². The SMILES string of the molecule is Cc1c(-c2ccccc2)sc2ncn(CC(=O)NC3CC3)c(=O)c12. The van der Waals surface area contributed by atoms with Crippen LogP contribution in [-0.2, 0) is 11.3 Å². The van der Waals surface area contributed by atoms with Crippen molar-refractivity contribution in [1.29, 1.82) is 0 Å². The van der Waals surface area contributed by atoms with E-state index < -0.39 is 0 Å². The largest absolute Gasteiger partial charge is 0.352 e. The van der Waals surface area contributed by atoms with Crippen LogP contribution in [0.25, 0.3) is 20.7 Å². The Morgan fingerprint density at radius 2 is 2.08 bits per heavy atom. The first kappa shape index (κ1) is 15.1. The molecule has 1 saturated carbocycles. The minimum absolute atomic E-state index is 0.0221. The number of fused-ring (bicyclic) bond motifs is 1. The number of aromatic nitrogens is 2. The highest BCUT2D eigenvalue weighted by molar-refractivity contribution is 7.22. The van der Waals surface area contributed by atoms with Crippen molar-refractivity contribution >= 4 is 27.5 Å². The normalized spacial score (nSPS) is 14.0. The molecule has 0 bridgehead atoms. The van der Waals surface area contributed by atoms with Crippen LogP contribution in [0.5, 0.6) is 0 Å². The highest BCUT2D eigenvalue weighted by atomic mass is 32.1. The van der Waals surface area contributed by atoms with Gasteiger partial charge in [0.05, 0.1) is 11.7 Å². The van der Waals surface area contributed by atoms with E-state index in [2.05, 4.69) is 10.3 Å². The van der Waals surface area contributed by atoms with E-state index in [4.69, 9.17) is 0 Å². The lowest BCUT2D eigenvalue weighted by Gasteiger charge is -2.06. The first-order valence-corrected chi connectivity index (χ1v) is 8.78. The Labute approximate surface area is 143 Å². The molecule has 0 atom stereocenters. The number of carbonyl (C=O) groups excluding carboxylic acids is 1. The summed E-state index contributed by atoms with van der Waals surface area (Å²) in [6.45, 7) is 1.97. The molecule has 5 nitrogen and oxygen atoms in total. The molecule has 2 aromatic heterocycles. The molecule has 1 N–H and O–H groups in total. The summed E-state index contributed by atoms with van der Waals surface area (Å²) < 4.78 is 1.40. The molecule has 6 heteroatoms. The summed E-state index contributed by atoms with van der Waals surface area (Å²) in [4.78, 5) is 30.9. The van der Waals surface area contributed by atoms with Crippen LogP contribution in [0.15, 0.2) is 41.5 Å². The van der Waals surface area contributed by atoms with E-state index in [0.717, 1.165) is 33.7 Å². The molecule has 1 fully saturated rings. The number of benzene rings is 1. The number of nitrogens with one attached hydrogen (secondary N) is 1. The maximum atomic E-state index is 12.8. The molecular weight excluding hydrogens is 322 g/mol. The third kappa shape index (κ3) is 2.73. The van der Waals surface area contributed by atoms with Crippen molar-refractivity contribution in [2.75, 3.05) is 0 Å². The van der Waals surface area contributed by atoms with E-state index in [0.29, 0.717) is 5.39 Å². The molecule has 0 saturated heterocycles. The van der Waals surface area contributed by atoms with Crippen LogP contribution in [0.1, 0.15) is 18.4 Å². The van der Waals surface area contributed by atoms with Crippen molar-refractivity contribution in [3.8, 4) is 10.4 Å². The van der Waals surface area contributed by atoms with Crippen LogP contribution in [0.2, 0.25) is 0 Å². The number of hydrogen-bond acceptors (Lipinski definition) is 4. The van der Waals surface area contributed by atoms with Crippen LogP contribution in [-0.4, -0.2) is 21.5 Å². The quantitative estimate of drug-likeness (QED) is 0.795. The number of carbonyl (C=O) groups is 1. The molecule has 0 unspecified atom stereocenters. The topological polar surface area (TPSA) is 64.0 Å². The summed E-state index contributed by atoms with van der Waals surface area (Å²) in [7, 11) is 0. The van der Waals surface area contributed by atoms with E-state index in [9.17, 15) is 9.59 Å². The van der Waals surface area contributed by atoms with Crippen LogP contribution >= 0.6 is 11.3 Å². The fourth-order valence-electron chi connectivity index (χ4n) is 2.79. The van der Waals surface area contributed by atoms with Crippen molar-refractivity contribution in [3.05, 3.63) is 52.6 Å². The van der Waals surface area contributed by atoms with Crippen molar-refractivity contribution < 1.29 is 4.79 Å². The van der Waals surface area contributed by atoms with E-state index in [-0.39, 0.29) is 24.1 Å². The molecule has 1 aromatic carbocycles. The highest BCUT2D eigenvalue weighted by Crippen LogP contribution is 2.35. The van der Waals surface area contributed by atoms with Gasteiger partial charge in [0.15, 0.2) is 0 Å². The number of amides is 1. The first-order chi connectivity index (χ1) is 11.6. The Morgan fingerprint density at radius 3 is 2.79 bits per heavy atom. The summed E-state index contributed by atoms with van der Waals surface area (Å²) in [6.07, 6.45) is 3.53. The van der Waals surface area contributed by atoms with Gasteiger partial charge in [0.1, 0.15) is 11.4 Å². The average molecular weight is 339 g/mol. The third-order valence-corrected chi connectivity index (χ3v) is 5.46. The van der Waals surface area contributed by atoms with Crippen molar-refractivity contribution in [3.63, 3.8) is 0 Å². The maximum Gasteiger partial charge on any atom is 0.262 e. The van der Waals surface area contributed by atoms with Crippen molar-refractivity contribution in [2.24, 2.45) is 0 Å². The fourth-order valence-corrected chi connectivity index (χ4v) is 3.94. The monoisotopic (exact) mass is 339 g/mol. The minimum Gasteiger partial charge on any atom is -0.352 e. The standard InChI is InChI=1S/C18H17N3O2S/c1-11-15-17(24-16(11)12-5-3-2-4-6-12)19-10-21(18(15)23)9-14(22)20-13-7-8-13/h2-6,10,13H,7-9H2,1H3,(H,20,22). The molecule has 1 aliphatic carbocycles. The summed E-state index contributed by atoms with van der Waals surface area (Å²) >= 11 is 1.51. The molecule has 4 rings (SSSR count). The number of thiophene rings is 1. The van der Waals surface area contributed by atoms with Gasteiger partial charge in [-0.3, -0.25) is 14.2 Å². The number of hydrogen-bond donors (Lipinski definition) is 1. The van der Waals surface area contributed by atoms with Gasteiger partial charge in [-0.25, -0.2) is 4.98 Å². The summed E-state index contributed by atoms with van der Waals surface area (Å²) in [5.41, 5.74) is 1.85. The maximum absolute atomic E-state index is 12.8. The predicted molar refractivity (Wildman–Crippen MR) is 95.2 cm³/mol. The molecule has 0 radical (unpaired) electrons. The van der Waals surface area contributed by atoms with Crippen LogP contribution in [0, 0.1) is 6.92 Å². The van der Waals surface area contributed by atoms with Crippen molar-refractivity contribution in [2.45, 2.75) is 32.4 Å². The lowest BCUT2D eigenvalue weighted by Crippen LogP contribution is -2.33. The van der Waals surface area contributed by atoms with E-state index in [1.807, 2.05) is 37.3 Å². The van der Waals surface area contributed by atoms with Crippen molar-refractivity contribution in [1.82, 2.24) is 14.9 Å². The molecule has 3 aromatic rings. The summed E-state index contributed by atoms with van der Waals surface area (Å²) in [6, 6.07) is 10.3. The second-order valence-corrected chi connectivity index (χ2v) is 7.12. The van der Waals surface area contributed by atoms with E-state index in [1.165, 1.54) is 22.2 Å². The average Bonchev–Trinajstić information content (AvgIpc) is 3.32. The molecule has 1 aliphatic rings. The lowest BCUT2D eigenvalue weighted by molar-refractivity contribution is -0.121. The fraction of sp³-hybridized carbons (Fsp3) is 0.278. The number of nitrogens with zero attached hydrogens (tertiary/aromatic N) is 2. The Morgan fingerprint density at radius 1 is 1.33 bits per heavy atom. The Bertz CT molecular complexity index is 971. The highest BCUT2D eigenvalue weighted by Gasteiger charge is 2.23. The van der Waals surface area contributed by atoms with Gasteiger partial charge in [0, 0.05) is 10.9 Å². The zero-order valence-corrected chi connectivity index (χ0v) is 14.1. The zero-order valence-electron chi connectivity index (χ0n) is 13.3. The summed E-state index contributed by atoms with van der Waals surface area (Å²) in [5, 5.41) is 3.51. The summed E-state index contributed by atoms with van der Waals surface area (Å²) in [5.74, 6) is -0.128. The van der Waals surface area contributed by atoms with Gasteiger partial charge in [0.2, 0.25) is 5.91 Å². The number of aryl methyl sites for hydroxylation is 1. The Balaban J connectivity index is 1.74. The second kappa shape index (κ2) is 5.87. The van der Waals surface area contributed by atoms with Gasteiger partial charge in [-0.05, 0) is 30.9 Å². The van der Waals surface area contributed by atoms with Gasteiger partial charge in [-0.1, -0.05) is 30.3 Å². The molecule has 0 spiro atoms. The molecule has 24 heavy (non-hydrogen) atoms. The van der Waals surface area contributed by atoms with E-state index >= 15 is 0 Å². The predicted octanol–water partition coefficient (Wildman–Crippen LogP) is 2.71. The van der Waals surface area contributed by atoms with Gasteiger partial charge in [-0.2, -0.15) is 0 Å². The Kier molecular flexibility index (Phi) is 3.69. The van der Waals surface area contributed by atoms with Gasteiger partial charge in [0.25, 0.3) is 5.56 Å². The number of rotatable bonds is 4. The van der Waals surface area contributed by atoms with E-state index in [1.54, 1.807) is 0 Å². The molecular formula is C18H17N3O2S. The lowest BCUT2D eigenvalue weighted by atomic mass is 10.1. The molecule has 122 valence electrons. The third-order valence-electron chi connectivity index (χ3n) is 4.21. The smallest absolute Gasteiger partial charge is 0.262 e. The minimum atomic E-state index is -0.151. The van der Waals surface area contributed by atoms with Gasteiger partial charge in [-0.15, -0.1) is 11.3 Å². The van der Waals surface area contributed by atoms with Crippen LogP contribution in [0.4, 0.5) is 0 Å². The Hall–Kier alpha value is -2.47. The first-order valence-electron chi connectivity index (χ1n) is 7.97. The molecule has 0 aliphatic heterocycles. The molecule has 2 heterocycles. The van der Waals surface area contributed by atoms with Gasteiger partial charge < -0.3 is 5.32 Å². The second-order valence-electron chi connectivity index (χ2n) is 6.12. The van der Waals surface area contributed by atoms with Gasteiger partial charge >= 0.3 is 0 Å². The molecule has 1 amide bonds.